The Kier molecular flexibility index (Phi) is 4.65. The van der Waals surface area contributed by atoms with Gasteiger partial charge in [0.1, 0.15) is 5.76 Å². The van der Waals surface area contributed by atoms with Crippen LogP contribution < -0.4 is 5.32 Å². The van der Waals surface area contributed by atoms with Crippen LogP contribution in [0.25, 0.3) is 10.7 Å². The molecule has 130 valence electrons. The first-order chi connectivity index (χ1) is 12.3. The van der Waals surface area contributed by atoms with Gasteiger partial charge in [0.2, 0.25) is 17.6 Å². The van der Waals surface area contributed by atoms with E-state index in [2.05, 4.69) is 15.5 Å². The second-order valence-electron chi connectivity index (χ2n) is 6.15. The van der Waals surface area contributed by atoms with Gasteiger partial charge < -0.3 is 14.3 Å². The van der Waals surface area contributed by atoms with Crippen molar-refractivity contribution in [2.24, 2.45) is 0 Å². The zero-order valence-corrected chi connectivity index (χ0v) is 14.6. The molecule has 3 aromatic rings. The Morgan fingerprint density at radius 1 is 1.40 bits per heavy atom. The quantitative estimate of drug-likeness (QED) is 0.723. The summed E-state index contributed by atoms with van der Waals surface area (Å²) in [6.07, 6.45) is 6.40. The monoisotopic (exact) mass is 357 g/mol. The Morgan fingerprint density at radius 3 is 3.24 bits per heavy atom. The van der Waals surface area contributed by atoms with Crippen molar-refractivity contribution in [1.82, 2.24) is 15.5 Å². The molecule has 4 rings (SSSR count). The number of furan rings is 1. The molecule has 1 aliphatic carbocycles. The molecule has 0 spiro atoms. The SMILES string of the molecule is O=C(CCCc1nc(-c2cccs2)no1)NC1CCCc2occc21. The number of rotatable bonds is 6. The van der Waals surface area contributed by atoms with Crippen LogP contribution in [0.3, 0.4) is 0 Å². The number of carbonyl (C=O) groups is 1. The molecule has 3 heterocycles. The van der Waals surface area contributed by atoms with Crippen molar-refractivity contribution >= 4 is 17.2 Å². The predicted molar refractivity (Wildman–Crippen MR) is 93.1 cm³/mol. The lowest BCUT2D eigenvalue weighted by molar-refractivity contribution is -0.122. The molecule has 1 aliphatic rings. The molecule has 0 bridgehead atoms. The van der Waals surface area contributed by atoms with Crippen LogP contribution in [0.4, 0.5) is 0 Å². The third kappa shape index (κ3) is 3.66. The Balaban J connectivity index is 1.26. The number of amides is 1. The molecule has 1 amide bonds. The molecule has 7 heteroatoms. The van der Waals surface area contributed by atoms with E-state index in [-0.39, 0.29) is 11.9 Å². The van der Waals surface area contributed by atoms with E-state index >= 15 is 0 Å². The van der Waals surface area contributed by atoms with Gasteiger partial charge in [0, 0.05) is 24.8 Å². The Morgan fingerprint density at radius 2 is 2.36 bits per heavy atom. The highest BCUT2D eigenvalue weighted by atomic mass is 32.1. The minimum atomic E-state index is 0.0528. The minimum Gasteiger partial charge on any atom is -0.469 e. The Labute approximate surface area is 149 Å². The largest absolute Gasteiger partial charge is 0.469 e. The summed E-state index contributed by atoms with van der Waals surface area (Å²) >= 11 is 1.58. The summed E-state index contributed by atoms with van der Waals surface area (Å²) in [5, 5.41) is 9.07. The second kappa shape index (κ2) is 7.23. The fourth-order valence-electron chi connectivity index (χ4n) is 3.17. The van der Waals surface area contributed by atoms with E-state index in [4.69, 9.17) is 8.94 Å². The number of nitrogens with zero attached hydrogens (tertiary/aromatic N) is 2. The van der Waals surface area contributed by atoms with E-state index in [1.54, 1.807) is 17.6 Å². The van der Waals surface area contributed by atoms with E-state index in [0.717, 1.165) is 35.5 Å². The van der Waals surface area contributed by atoms with Crippen LogP contribution >= 0.6 is 11.3 Å². The number of hydrogen-bond donors (Lipinski definition) is 1. The fourth-order valence-corrected chi connectivity index (χ4v) is 3.81. The van der Waals surface area contributed by atoms with Gasteiger partial charge in [0.25, 0.3) is 0 Å². The highest BCUT2D eigenvalue weighted by Gasteiger charge is 2.23. The molecule has 6 nitrogen and oxygen atoms in total. The summed E-state index contributed by atoms with van der Waals surface area (Å²) in [6, 6.07) is 5.95. The zero-order valence-electron chi connectivity index (χ0n) is 13.7. The third-order valence-electron chi connectivity index (χ3n) is 4.39. The lowest BCUT2D eigenvalue weighted by Crippen LogP contribution is -2.30. The number of aromatic nitrogens is 2. The van der Waals surface area contributed by atoms with Crippen LogP contribution in [-0.4, -0.2) is 16.0 Å². The van der Waals surface area contributed by atoms with E-state index in [0.29, 0.717) is 31.0 Å². The molecule has 0 fully saturated rings. The summed E-state index contributed by atoms with van der Waals surface area (Å²) in [5.74, 6) is 2.25. The summed E-state index contributed by atoms with van der Waals surface area (Å²) in [5.41, 5.74) is 1.12. The van der Waals surface area contributed by atoms with Crippen molar-refractivity contribution < 1.29 is 13.7 Å². The number of aryl methyl sites for hydroxylation is 2. The Bertz CT molecular complexity index is 838. The summed E-state index contributed by atoms with van der Waals surface area (Å²) < 4.78 is 10.7. The van der Waals surface area contributed by atoms with Gasteiger partial charge in [-0.3, -0.25) is 4.79 Å². The van der Waals surface area contributed by atoms with Gasteiger partial charge >= 0.3 is 0 Å². The second-order valence-corrected chi connectivity index (χ2v) is 7.10. The van der Waals surface area contributed by atoms with Crippen LogP contribution in [-0.2, 0) is 17.6 Å². The number of carbonyl (C=O) groups excluding carboxylic acids is 1. The lowest BCUT2D eigenvalue weighted by Gasteiger charge is -2.22. The normalized spacial score (nSPS) is 16.6. The predicted octanol–water partition coefficient (Wildman–Crippen LogP) is 3.91. The van der Waals surface area contributed by atoms with Gasteiger partial charge in [-0.1, -0.05) is 11.2 Å². The molecule has 0 aliphatic heterocycles. The minimum absolute atomic E-state index is 0.0528. The molecule has 1 N–H and O–H groups in total. The first kappa shape index (κ1) is 16.1. The molecule has 1 unspecified atom stereocenters. The van der Waals surface area contributed by atoms with Crippen molar-refractivity contribution in [2.75, 3.05) is 0 Å². The van der Waals surface area contributed by atoms with Crippen molar-refractivity contribution in [3.05, 3.63) is 47.1 Å². The van der Waals surface area contributed by atoms with Gasteiger partial charge in [-0.2, -0.15) is 4.98 Å². The fraction of sp³-hybridized carbons (Fsp3) is 0.389. The lowest BCUT2D eigenvalue weighted by atomic mass is 9.93. The van der Waals surface area contributed by atoms with Gasteiger partial charge in [-0.25, -0.2) is 0 Å². The zero-order chi connectivity index (χ0) is 17.1. The molecule has 25 heavy (non-hydrogen) atoms. The highest BCUT2D eigenvalue weighted by Crippen LogP contribution is 2.30. The average molecular weight is 357 g/mol. The van der Waals surface area contributed by atoms with E-state index in [1.165, 1.54) is 0 Å². The number of nitrogens with one attached hydrogen (secondary N) is 1. The van der Waals surface area contributed by atoms with Gasteiger partial charge in [-0.15, -0.1) is 11.3 Å². The Hall–Kier alpha value is -2.41. The molecule has 0 aromatic carbocycles. The third-order valence-corrected chi connectivity index (χ3v) is 5.26. The van der Waals surface area contributed by atoms with Crippen molar-refractivity contribution in [3.63, 3.8) is 0 Å². The molecule has 0 radical (unpaired) electrons. The molecule has 0 saturated carbocycles. The van der Waals surface area contributed by atoms with Crippen LogP contribution in [0.1, 0.15) is 48.9 Å². The van der Waals surface area contributed by atoms with Gasteiger partial charge in [-0.05, 0) is 36.8 Å². The van der Waals surface area contributed by atoms with Crippen LogP contribution in [0.15, 0.2) is 38.8 Å². The van der Waals surface area contributed by atoms with Crippen molar-refractivity contribution in [1.29, 1.82) is 0 Å². The van der Waals surface area contributed by atoms with Gasteiger partial charge in [0.05, 0.1) is 17.2 Å². The molecule has 0 saturated heterocycles. The van der Waals surface area contributed by atoms with E-state index in [9.17, 15) is 4.79 Å². The summed E-state index contributed by atoms with van der Waals surface area (Å²) in [4.78, 5) is 17.6. The van der Waals surface area contributed by atoms with Crippen LogP contribution in [0.2, 0.25) is 0 Å². The standard InChI is InChI=1S/C18H19N3O3S/c22-16(19-13-4-1-5-14-12(13)9-10-23-14)7-2-8-17-20-18(21-24-17)15-6-3-11-25-15/h3,6,9-11,13H,1-2,4-5,7-8H2,(H,19,22). The maximum atomic E-state index is 12.2. The van der Waals surface area contributed by atoms with Crippen LogP contribution in [0.5, 0.6) is 0 Å². The average Bonchev–Trinajstić information content (AvgIpc) is 3.36. The van der Waals surface area contributed by atoms with Crippen molar-refractivity contribution in [3.8, 4) is 10.7 Å². The first-order valence-electron chi connectivity index (χ1n) is 8.51. The highest BCUT2D eigenvalue weighted by molar-refractivity contribution is 7.13. The maximum absolute atomic E-state index is 12.2. The van der Waals surface area contributed by atoms with Crippen LogP contribution in [0, 0.1) is 0 Å². The molecular formula is C18H19N3O3S. The summed E-state index contributed by atoms with van der Waals surface area (Å²) in [6.45, 7) is 0. The van der Waals surface area contributed by atoms with Crippen molar-refractivity contribution in [2.45, 2.75) is 44.6 Å². The number of fused-ring (bicyclic) bond motifs is 1. The van der Waals surface area contributed by atoms with E-state index < -0.39 is 0 Å². The van der Waals surface area contributed by atoms with E-state index in [1.807, 2.05) is 23.6 Å². The first-order valence-corrected chi connectivity index (χ1v) is 9.39. The molecule has 1 atom stereocenters. The molecular weight excluding hydrogens is 338 g/mol. The van der Waals surface area contributed by atoms with Gasteiger partial charge in [0.15, 0.2) is 0 Å². The molecule has 3 aromatic heterocycles. The maximum Gasteiger partial charge on any atom is 0.226 e. The smallest absolute Gasteiger partial charge is 0.226 e. The summed E-state index contributed by atoms with van der Waals surface area (Å²) in [7, 11) is 0. The topological polar surface area (TPSA) is 81.2 Å². The number of thiophene rings is 1. The number of hydrogen-bond acceptors (Lipinski definition) is 6.